The molecule has 0 saturated carbocycles. The van der Waals surface area contributed by atoms with Gasteiger partial charge in [0, 0.05) is 18.0 Å². The number of rotatable bonds is 9. The van der Waals surface area contributed by atoms with Crippen LogP contribution in [-0.2, 0) is 5.41 Å². The molecule has 1 heterocycles. The number of hydrogen-bond donors (Lipinski definition) is 1. The van der Waals surface area contributed by atoms with Crippen LogP contribution in [0.4, 0.5) is 5.82 Å². The summed E-state index contributed by atoms with van der Waals surface area (Å²) in [5.41, 5.74) is -0.0791. The van der Waals surface area contributed by atoms with E-state index in [-0.39, 0.29) is 5.41 Å². The molecule has 0 radical (unpaired) electrons. The van der Waals surface area contributed by atoms with E-state index in [2.05, 4.69) is 49.9 Å². The average molecular weight is 293 g/mol. The monoisotopic (exact) mass is 293 g/mol. The molecule has 0 atom stereocenters. The van der Waals surface area contributed by atoms with E-state index in [0.717, 1.165) is 24.6 Å². The van der Waals surface area contributed by atoms with E-state index in [1.807, 2.05) is 6.07 Å². The molecule has 0 saturated heterocycles. The minimum absolute atomic E-state index is 0.0791. The summed E-state index contributed by atoms with van der Waals surface area (Å²) in [6.45, 7) is 12.3. The van der Waals surface area contributed by atoms with Crippen LogP contribution in [0.2, 0.25) is 0 Å². The van der Waals surface area contributed by atoms with Gasteiger partial charge in [-0.25, -0.2) is 4.98 Å². The maximum atomic E-state index is 5.69. The van der Waals surface area contributed by atoms with Gasteiger partial charge in [-0.2, -0.15) is 4.98 Å². The van der Waals surface area contributed by atoms with Crippen LogP contribution in [0, 0.1) is 0 Å². The lowest BCUT2D eigenvalue weighted by molar-refractivity contribution is 0.301. The Kier molecular flexibility index (Phi) is 7.48. The van der Waals surface area contributed by atoms with E-state index in [9.17, 15) is 0 Å². The molecule has 0 aromatic carbocycles. The topological polar surface area (TPSA) is 47.0 Å². The van der Waals surface area contributed by atoms with Crippen molar-refractivity contribution in [3.05, 3.63) is 11.9 Å². The molecule has 4 nitrogen and oxygen atoms in total. The van der Waals surface area contributed by atoms with Gasteiger partial charge in [-0.3, -0.25) is 0 Å². The first-order valence-electron chi connectivity index (χ1n) is 8.23. The predicted octanol–water partition coefficient (Wildman–Crippen LogP) is 4.56. The quantitative estimate of drug-likeness (QED) is 0.678. The Hall–Kier alpha value is -1.32. The van der Waals surface area contributed by atoms with E-state index in [1.165, 1.54) is 25.7 Å². The Labute approximate surface area is 129 Å². The maximum absolute atomic E-state index is 5.69. The number of aromatic nitrogens is 2. The molecule has 1 aromatic heterocycles. The van der Waals surface area contributed by atoms with Crippen LogP contribution in [0.5, 0.6) is 5.88 Å². The predicted molar refractivity (Wildman–Crippen MR) is 89.1 cm³/mol. The maximum Gasteiger partial charge on any atom is 0.218 e. The highest BCUT2D eigenvalue weighted by molar-refractivity contribution is 5.39. The summed E-state index contributed by atoms with van der Waals surface area (Å²) in [6.07, 6.45) is 5.97. The number of hydrogen-bond acceptors (Lipinski definition) is 4. The molecular weight excluding hydrogens is 262 g/mol. The normalized spacial score (nSPS) is 11.5. The van der Waals surface area contributed by atoms with E-state index in [0.29, 0.717) is 12.5 Å². The SMILES string of the molecule is CCCCCCNc1cc(OCCC)nc(C(C)(C)C)n1. The smallest absolute Gasteiger partial charge is 0.218 e. The number of unbranched alkanes of at least 4 members (excludes halogenated alkanes) is 3. The second-order valence-corrected chi connectivity index (χ2v) is 6.50. The van der Waals surface area contributed by atoms with Gasteiger partial charge in [0.25, 0.3) is 0 Å². The molecular formula is C17H31N3O. The first-order valence-corrected chi connectivity index (χ1v) is 8.23. The van der Waals surface area contributed by atoms with Crippen molar-refractivity contribution in [3.8, 4) is 5.88 Å². The van der Waals surface area contributed by atoms with E-state index >= 15 is 0 Å². The molecule has 0 fully saturated rings. The molecule has 0 aliphatic heterocycles. The molecule has 0 aliphatic carbocycles. The minimum atomic E-state index is -0.0791. The van der Waals surface area contributed by atoms with E-state index in [1.54, 1.807) is 0 Å². The van der Waals surface area contributed by atoms with Gasteiger partial charge in [-0.05, 0) is 12.8 Å². The standard InChI is InChI=1S/C17H31N3O/c1-6-8-9-10-11-18-14-13-15(21-12-7-2)20-16(19-14)17(3,4)5/h13H,6-12H2,1-5H3,(H,18,19,20). The Morgan fingerprint density at radius 2 is 1.81 bits per heavy atom. The summed E-state index contributed by atoms with van der Waals surface area (Å²) >= 11 is 0. The summed E-state index contributed by atoms with van der Waals surface area (Å²) in [5.74, 6) is 2.37. The van der Waals surface area contributed by atoms with Gasteiger partial charge in [-0.1, -0.05) is 53.9 Å². The number of nitrogens with zero attached hydrogens (tertiary/aromatic N) is 2. The summed E-state index contributed by atoms with van der Waals surface area (Å²) < 4.78 is 5.69. The van der Waals surface area contributed by atoms with Crippen molar-refractivity contribution in [3.63, 3.8) is 0 Å². The average Bonchev–Trinajstić information content (AvgIpc) is 2.44. The van der Waals surface area contributed by atoms with Gasteiger partial charge < -0.3 is 10.1 Å². The van der Waals surface area contributed by atoms with Crippen molar-refractivity contribution >= 4 is 5.82 Å². The van der Waals surface area contributed by atoms with E-state index in [4.69, 9.17) is 4.74 Å². The lowest BCUT2D eigenvalue weighted by Crippen LogP contribution is -2.18. The van der Waals surface area contributed by atoms with Gasteiger partial charge in [0.05, 0.1) is 6.61 Å². The molecule has 1 N–H and O–H groups in total. The lowest BCUT2D eigenvalue weighted by atomic mass is 9.96. The molecule has 0 bridgehead atoms. The van der Waals surface area contributed by atoms with E-state index < -0.39 is 0 Å². The zero-order chi connectivity index (χ0) is 15.7. The second-order valence-electron chi connectivity index (χ2n) is 6.50. The van der Waals surface area contributed by atoms with Crippen molar-refractivity contribution in [1.29, 1.82) is 0 Å². The van der Waals surface area contributed by atoms with Crippen LogP contribution in [0.3, 0.4) is 0 Å². The molecule has 0 aliphatic rings. The number of anilines is 1. The first kappa shape index (κ1) is 17.7. The zero-order valence-electron chi connectivity index (χ0n) is 14.3. The van der Waals surface area contributed by atoms with Crippen LogP contribution in [0.1, 0.15) is 72.5 Å². The van der Waals surface area contributed by atoms with Crippen LogP contribution in [0.15, 0.2) is 6.07 Å². The largest absolute Gasteiger partial charge is 0.478 e. The van der Waals surface area contributed by atoms with Crippen molar-refractivity contribution in [2.24, 2.45) is 0 Å². The Balaban J connectivity index is 2.72. The fraction of sp³-hybridized carbons (Fsp3) is 0.765. The summed E-state index contributed by atoms with van der Waals surface area (Å²) in [5, 5.41) is 3.40. The van der Waals surface area contributed by atoms with Crippen LogP contribution in [-0.4, -0.2) is 23.1 Å². The van der Waals surface area contributed by atoms with Crippen LogP contribution >= 0.6 is 0 Å². The van der Waals surface area contributed by atoms with Gasteiger partial charge >= 0.3 is 0 Å². The molecule has 21 heavy (non-hydrogen) atoms. The molecule has 1 aromatic rings. The van der Waals surface area contributed by atoms with Crippen molar-refractivity contribution < 1.29 is 4.74 Å². The highest BCUT2D eigenvalue weighted by Crippen LogP contribution is 2.23. The zero-order valence-corrected chi connectivity index (χ0v) is 14.3. The first-order chi connectivity index (χ1) is 9.97. The Bertz CT molecular complexity index is 413. The van der Waals surface area contributed by atoms with Crippen molar-refractivity contribution in [1.82, 2.24) is 9.97 Å². The molecule has 0 spiro atoms. The lowest BCUT2D eigenvalue weighted by Gasteiger charge is -2.19. The van der Waals surface area contributed by atoms with Gasteiger partial charge in [0.15, 0.2) is 0 Å². The Morgan fingerprint density at radius 3 is 2.43 bits per heavy atom. The van der Waals surface area contributed by atoms with Gasteiger partial charge in [0.1, 0.15) is 11.6 Å². The van der Waals surface area contributed by atoms with Crippen molar-refractivity contribution in [2.45, 2.75) is 72.1 Å². The highest BCUT2D eigenvalue weighted by atomic mass is 16.5. The summed E-state index contributed by atoms with van der Waals surface area (Å²) in [7, 11) is 0. The fourth-order valence-electron chi connectivity index (χ4n) is 1.90. The van der Waals surface area contributed by atoms with Gasteiger partial charge in [-0.15, -0.1) is 0 Å². The van der Waals surface area contributed by atoms with Gasteiger partial charge in [0.2, 0.25) is 5.88 Å². The summed E-state index contributed by atoms with van der Waals surface area (Å²) in [4.78, 5) is 9.15. The van der Waals surface area contributed by atoms with Crippen molar-refractivity contribution in [2.75, 3.05) is 18.5 Å². The number of ether oxygens (including phenoxy) is 1. The third kappa shape index (κ3) is 6.78. The van der Waals surface area contributed by atoms with Crippen LogP contribution < -0.4 is 10.1 Å². The number of nitrogens with one attached hydrogen (secondary N) is 1. The third-order valence-corrected chi connectivity index (χ3v) is 3.16. The molecule has 4 heteroatoms. The highest BCUT2D eigenvalue weighted by Gasteiger charge is 2.19. The second kappa shape index (κ2) is 8.85. The fourth-order valence-corrected chi connectivity index (χ4v) is 1.90. The molecule has 0 amide bonds. The minimum Gasteiger partial charge on any atom is -0.478 e. The Morgan fingerprint density at radius 1 is 1.05 bits per heavy atom. The third-order valence-electron chi connectivity index (χ3n) is 3.16. The molecule has 1 rings (SSSR count). The summed E-state index contributed by atoms with van der Waals surface area (Å²) in [6, 6.07) is 1.91. The molecule has 0 unspecified atom stereocenters. The molecule has 120 valence electrons. The van der Waals surface area contributed by atoms with Crippen LogP contribution in [0.25, 0.3) is 0 Å².